The molecule has 4 aromatic carbocycles. The summed E-state index contributed by atoms with van der Waals surface area (Å²) >= 11 is 0. The Morgan fingerprint density at radius 3 is 1.44 bits per heavy atom. The molecule has 0 atom stereocenters. The molecule has 0 unspecified atom stereocenters. The molecule has 0 aliphatic rings. The van der Waals surface area contributed by atoms with E-state index in [9.17, 15) is 0 Å². The Morgan fingerprint density at radius 2 is 0.949 bits per heavy atom. The van der Waals surface area contributed by atoms with E-state index in [2.05, 4.69) is 113 Å². The fourth-order valence-corrected chi connectivity index (χ4v) is 5.90. The van der Waals surface area contributed by atoms with Crippen molar-refractivity contribution in [2.45, 2.75) is 6.92 Å². The quantitative estimate of drug-likeness (QED) is 0.246. The van der Waals surface area contributed by atoms with Crippen LogP contribution < -0.4 is 0 Å². The average molecular weight is 502 g/mol. The third-order valence-corrected chi connectivity index (χ3v) is 7.55. The number of aryl methyl sites for hydroxylation is 1. The van der Waals surface area contributed by atoms with Gasteiger partial charge in [-0.2, -0.15) is 4.98 Å². The number of aromatic nitrogens is 5. The maximum Gasteiger partial charge on any atom is 0.236 e. The topological polar surface area (TPSA) is 48.5 Å². The molecule has 0 bridgehead atoms. The molecule has 0 N–H and O–H groups in total. The molecule has 39 heavy (non-hydrogen) atoms. The van der Waals surface area contributed by atoms with E-state index in [1.807, 2.05) is 24.4 Å². The molecule has 0 radical (unpaired) electrons. The van der Waals surface area contributed by atoms with Crippen LogP contribution in [0.2, 0.25) is 0 Å². The largest absolute Gasteiger partial charge is 0.293 e. The van der Waals surface area contributed by atoms with Crippen molar-refractivity contribution in [2.75, 3.05) is 0 Å². The third-order valence-electron chi connectivity index (χ3n) is 7.55. The predicted molar refractivity (Wildman–Crippen MR) is 159 cm³/mol. The van der Waals surface area contributed by atoms with Crippen LogP contribution in [0.4, 0.5) is 0 Å². The van der Waals surface area contributed by atoms with Crippen LogP contribution in [-0.4, -0.2) is 24.1 Å². The number of fused-ring (bicyclic) bond motifs is 6. The van der Waals surface area contributed by atoms with Crippen LogP contribution in [0.3, 0.4) is 0 Å². The molecule has 0 saturated heterocycles. The minimum atomic E-state index is 0.640. The molecule has 4 aromatic heterocycles. The SMILES string of the molecule is Cc1nc(-n2c3ccccc3c3ccccc32)nc(-n2c3ccccc3c3ccccc32)c1-c1ccccn1. The number of rotatable bonds is 3. The minimum absolute atomic E-state index is 0.640. The first-order valence-electron chi connectivity index (χ1n) is 13.1. The summed E-state index contributed by atoms with van der Waals surface area (Å²) in [5.41, 5.74) is 7.00. The molecule has 8 rings (SSSR count). The van der Waals surface area contributed by atoms with Crippen LogP contribution in [0, 0.1) is 6.92 Å². The van der Waals surface area contributed by atoms with Crippen molar-refractivity contribution < 1.29 is 0 Å². The molecule has 0 fully saturated rings. The van der Waals surface area contributed by atoms with Gasteiger partial charge in [0.1, 0.15) is 0 Å². The molecule has 0 saturated carbocycles. The Hall–Kier alpha value is -5.29. The van der Waals surface area contributed by atoms with E-state index in [0.29, 0.717) is 5.95 Å². The Bertz CT molecular complexity index is 2080. The third kappa shape index (κ3) is 3.17. The first kappa shape index (κ1) is 21.8. The van der Waals surface area contributed by atoms with Crippen molar-refractivity contribution in [3.63, 3.8) is 0 Å². The van der Waals surface area contributed by atoms with E-state index in [-0.39, 0.29) is 0 Å². The Balaban J connectivity index is 1.54. The lowest BCUT2D eigenvalue weighted by Crippen LogP contribution is -2.10. The van der Waals surface area contributed by atoms with Gasteiger partial charge in [-0.15, -0.1) is 0 Å². The highest BCUT2D eigenvalue weighted by Crippen LogP contribution is 2.37. The Kier molecular flexibility index (Phi) is 4.67. The Labute approximate surface area is 224 Å². The number of benzene rings is 4. The van der Waals surface area contributed by atoms with Gasteiger partial charge in [-0.3, -0.25) is 14.1 Å². The number of pyridine rings is 1. The summed E-state index contributed by atoms with van der Waals surface area (Å²) in [6.45, 7) is 2.06. The van der Waals surface area contributed by atoms with Crippen molar-refractivity contribution in [2.24, 2.45) is 0 Å². The zero-order valence-electron chi connectivity index (χ0n) is 21.3. The van der Waals surface area contributed by atoms with Gasteiger partial charge in [-0.1, -0.05) is 78.9 Å². The molecule has 184 valence electrons. The smallest absolute Gasteiger partial charge is 0.236 e. The number of hydrogen-bond donors (Lipinski definition) is 0. The van der Waals surface area contributed by atoms with Crippen molar-refractivity contribution in [3.05, 3.63) is 127 Å². The van der Waals surface area contributed by atoms with Gasteiger partial charge < -0.3 is 0 Å². The van der Waals surface area contributed by atoms with E-state index in [0.717, 1.165) is 44.8 Å². The van der Waals surface area contributed by atoms with E-state index in [4.69, 9.17) is 15.0 Å². The van der Waals surface area contributed by atoms with Crippen molar-refractivity contribution in [1.82, 2.24) is 24.1 Å². The molecule has 0 amide bonds. The van der Waals surface area contributed by atoms with Gasteiger partial charge >= 0.3 is 0 Å². The molecule has 4 heterocycles. The van der Waals surface area contributed by atoms with Gasteiger partial charge in [0, 0.05) is 27.7 Å². The van der Waals surface area contributed by atoms with E-state index < -0.39 is 0 Å². The second-order valence-electron chi connectivity index (χ2n) is 9.76. The van der Waals surface area contributed by atoms with Gasteiger partial charge in [-0.25, -0.2) is 4.98 Å². The van der Waals surface area contributed by atoms with Crippen LogP contribution in [0.25, 0.3) is 66.6 Å². The van der Waals surface area contributed by atoms with Crippen LogP contribution in [0.15, 0.2) is 121 Å². The van der Waals surface area contributed by atoms with Crippen molar-refractivity contribution in [1.29, 1.82) is 0 Å². The monoisotopic (exact) mass is 501 g/mol. The molecule has 0 aliphatic carbocycles. The predicted octanol–water partition coefficient (Wildman–Crippen LogP) is 8.04. The van der Waals surface area contributed by atoms with Crippen LogP contribution in [0.1, 0.15) is 5.69 Å². The summed E-state index contributed by atoms with van der Waals surface area (Å²) < 4.78 is 4.44. The molecule has 8 aromatic rings. The summed E-state index contributed by atoms with van der Waals surface area (Å²) in [4.78, 5) is 15.2. The van der Waals surface area contributed by atoms with Gasteiger partial charge in [0.05, 0.1) is 39.0 Å². The van der Waals surface area contributed by atoms with Crippen LogP contribution in [0.5, 0.6) is 0 Å². The normalized spacial score (nSPS) is 11.7. The highest BCUT2D eigenvalue weighted by atomic mass is 15.2. The van der Waals surface area contributed by atoms with Gasteiger partial charge in [0.25, 0.3) is 0 Å². The average Bonchev–Trinajstić information content (AvgIpc) is 3.50. The van der Waals surface area contributed by atoms with E-state index in [1.165, 1.54) is 21.5 Å². The van der Waals surface area contributed by atoms with Gasteiger partial charge in [0.15, 0.2) is 5.82 Å². The van der Waals surface area contributed by atoms with E-state index >= 15 is 0 Å². The summed E-state index contributed by atoms with van der Waals surface area (Å²) in [7, 11) is 0. The summed E-state index contributed by atoms with van der Waals surface area (Å²) in [5, 5.41) is 4.74. The first-order valence-corrected chi connectivity index (χ1v) is 13.1. The summed E-state index contributed by atoms with van der Waals surface area (Å²) in [6, 6.07) is 39.9. The van der Waals surface area contributed by atoms with Crippen LogP contribution >= 0.6 is 0 Å². The maximum atomic E-state index is 5.37. The van der Waals surface area contributed by atoms with Gasteiger partial charge in [0.2, 0.25) is 5.95 Å². The highest BCUT2D eigenvalue weighted by Gasteiger charge is 2.22. The number of nitrogens with zero attached hydrogens (tertiary/aromatic N) is 5. The van der Waals surface area contributed by atoms with Crippen molar-refractivity contribution in [3.8, 4) is 23.0 Å². The molecular weight excluding hydrogens is 478 g/mol. The highest BCUT2D eigenvalue weighted by molar-refractivity contribution is 6.10. The summed E-state index contributed by atoms with van der Waals surface area (Å²) in [5.74, 6) is 1.46. The number of para-hydroxylation sites is 4. The second kappa shape index (κ2) is 8.36. The molecule has 0 spiro atoms. The van der Waals surface area contributed by atoms with Crippen molar-refractivity contribution >= 4 is 43.6 Å². The maximum absolute atomic E-state index is 5.37. The lowest BCUT2D eigenvalue weighted by molar-refractivity contribution is 0.929. The number of hydrogen-bond acceptors (Lipinski definition) is 3. The lowest BCUT2D eigenvalue weighted by atomic mass is 10.1. The molecule has 5 heteroatoms. The first-order chi connectivity index (χ1) is 19.3. The molecular formula is C34H23N5. The van der Waals surface area contributed by atoms with Crippen LogP contribution in [-0.2, 0) is 0 Å². The Morgan fingerprint density at radius 1 is 0.487 bits per heavy atom. The summed E-state index contributed by atoms with van der Waals surface area (Å²) in [6.07, 6.45) is 1.82. The van der Waals surface area contributed by atoms with E-state index in [1.54, 1.807) is 0 Å². The lowest BCUT2D eigenvalue weighted by Gasteiger charge is -2.17. The van der Waals surface area contributed by atoms with Gasteiger partial charge in [-0.05, 0) is 43.3 Å². The zero-order valence-corrected chi connectivity index (χ0v) is 21.3. The standard InChI is InChI=1S/C34H23N5/c1-22-32(27-16-10-11-21-35-27)33(38-28-17-6-2-12-23(28)24-13-3-7-18-29(24)38)37-34(36-22)39-30-19-8-4-14-25(30)26-15-5-9-20-31(26)39/h2-21H,1H3. The molecule has 5 nitrogen and oxygen atoms in total. The minimum Gasteiger partial charge on any atom is -0.293 e. The fraction of sp³-hybridized carbons (Fsp3) is 0.0294. The second-order valence-corrected chi connectivity index (χ2v) is 9.76. The zero-order chi connectivity index (χ0) is 25.9. The fourth-order valence-electron chi connectivity index (χ4n) is 5.90. The molecule has 0 aliphatic heterocycles.